The Hall–Kier alpha value is -2.26. The predicted molar refractivity (Wildman–Crippen MR) is 101 cm³/mol. The van der Waals surface area contributed by atoms with Gasteiger partial charge < -0.3 is 10.8 Å². The van der Waals surface area contributed by atoms with Crippen LogP contribution in [0.2, 0.25) is 5.02 Å². The third-order valence-corrected chi connectivity index (χ3v) is 5.87. The summed E-state index contributed by atoms with van der Waals surface area (Å²) in [5.74, 6) is 0.550. The van der Waals surface area contributed by atoms with Crippen LogP contribution in [0.5, 0.6) is 0 Å². The number of aliphatic hydroxyl groups is 1. The summed E-state index contributed by atoms with van der Waals surface area (Å²) in [7, 11) is 0. The Morgan fingerprint density at radius 1 is 1.08 bits per heavy atom. The van der Waals surface area contributed by atoms with E-state index in [1.54, 1.807) is 6.07 Å². The van der Waals surface area contributed by atoms with E-state index < -0.39 is 0 Å². The minimum absolute atomic E-state index is 0.0603. The van der Waals surface area contributed by atoms with Gasteiger partial charge >= 0.3 is 0 Å². The summed E-state index contributed by atoms with van der Waals surface area (Å²) in [6.45, 7) is 1.97. The number of hydrogen-bond acceptors (Lipinski definition) is 3. The number of carbonyl (C=O) groups excluding carboxylic acids is 1. The summed E-state index contributed by atoms with van der Waals surface area (Å²) < 4.78 is 0. The Kier molecular flexibility index (Phi) is 3.84. The zero-order valence-corrected chi connectivity index (χ0v) is 14.8. The molecule has 2 aliphatic carbocycles. The van der Waals surface area contributed by atoms with Crippen molar-refractivity contribution in [1.82, 2.24) is 0 Å². The number of Topliss-reactive ketones (excluding diaryl/α,β-unsaturated/α-hetero) is 1. The van der Waals surface area contributed by atoms with Crippen molar-refractivity contribution in [3.63, 3.8) is 0 Å². The molecule has 0 amide bonds. The summed E-state index contributed by atoms with van der Waals surface area (Å²) >= 11 is 6.01. The van der Waals surface area contributed by atoms with Gasteiger partial charge in [0.1, 0.15) is 5.76 Å². The van der Waals surface area contributed by atoms with Crippen molar-refractivity contribution >= 4 is 28.6 Å². The van der Waals surface area contributed by atoms with E-state index in [9.17, 15) is 9.90 Å². The number of hydrogen-bond donors (Lipinski definition) is 2. The van der Waals surface area contributed by atoms with Gasteiger partial charge in [-0.05, 0) is 66.6 Å². The van der Waals surface area contributed by atoms with Crippen LogP contribution in [0.1, 0.15) is 30.4 Å². The van der Waals surface area contributed by atoms with E-state index in [2.05, 4.69) is 0 Å². The highest BCUT2D eigenvalue weighted by Crippen LogP contribution is 2.46. The normalized spacial score (nSPS) is 22.6. The van der Waals surface area contributed by atoms with Crippen molar-refractivity contribution in [3.05, 3.63) is 58.3 Å². The molecule has 0 heterocycles. The molecule has 2 bridgehead atoms. The van der Waals surface area contributed by atoms with Gasteiger partial charge in [-0.25, -0.2) is 0 Å². The molecule has 0 aliphatic heterocycles. The van der Waals surface area contributed by atoms with E-state index in [1.165, 1.54) is 0 Å². The Labute approximate surface area is 152 Å². The van der Waals surface area contributed by atoms with Crippen molar-refractivity contribution in [1.29, 1.82) is 0 Å². The summed E-state index contributed by atoms with van der Waals surface area (Å²) in [5, 5.41) is 11.2. The fourth-order valence-electron chi connectivity index (χ4n) is 4.07. The molecular formula is C21H20ClNO2. The zero-order valence-electron chi connectivity index (χ0n) is 14.1. The second-order valence-corrected chi connectivity index (χ2v) is 7.50. The molecule has 1 saturated carbocycles. The fourth-order valence-corrected chi connectivity index (χ4v) is 4.18. The van der Waals surface area contributed by atoms with Crippen molar-refractivity contribution < 1.29 is 9.90 Å². The molecule has 1 fully saturated rings. The summed E-state index contributed by atoms with van der Waals surface area (Å²) in [6.07, 6.45) is 2.57. The van der Waals surface area contributed by atoms with E-state index in [-0.39, 0.29) is 23.4 Å². The van der Waals surface area contributed by atoms with E-state index in [0.717, 1.165) is 41.5 Å². The highest BCUT2D eigenvalue weighted by atomic mass is 35.5. The maximum absolute atomic E-state index is 12.8. The number of aryl methyl sites for hydroxylation is 1. The first-order valence-corrected chi connectivity index (χ1v) is 8.97. The lowest BCUT2D eigenvalue weighted by molar-refractivity contribution is -0.117. The lowest BCUT2D eigenvalue weighted by atomic mass is 9.81. The molecule has 25 heavy (non-hydrogen) atoms. The van der Waals surface area contributed by atoms with E-state index in [0.29, 0.717) is 16.3 Å². The topological polar surface area (TPSA) is 63.3 Å². The number of aliphatic hydroxyl groups excluding tert-OH is 1. The quantitative estimate of drug-likeness (QED) is 0.732. The van der Waals surface area contributed by atoms with Gasteiger partial charge in [0.15, 0.2) is 5.78 Å². The number of nitrogens with two attached hydrogens (primary N) is 1. The number of fused-ring (bicyclic) bond motifs is 2. The number of allylic oxidation sites excluding steroid dienone is 2. The van der Waals surface area contributed by atoms with Crippen LogP contribution in [-0.2, 0) is 4.79 Å². The smallest absolute Gasteiger partial charge is 0.169 e. The third-order valence-electron chi connectivity index (χ3n) is 5.53. The fraction of sp³-hybridized carbons (Fsp3) is 0.286. The van der Waals surface area contributed by atoms with Gasteiger partial charge in [0.05, 0.1) is 16.3 Å². The number of benzene rings is 2. The highest BCUT2D eigenvalue weighted by molar-refractivity contribution is 6.33. The zero-order chi connectivity index (χ0) is 17.7. The van der Waals surface area contributed by atoms with Crippen LogP contribution in [0.15, 0.2) is 42.2 Å². The molecule has 0 radical (unpaired) electrons. The maximum atomic E-state index is 12.8. The number of halogens is 1. The molecule has 4 heteroatoms. The largest absolute Gasteiger partial charge is 0.511 e. The van der Waals surface area contributed by atoms with Gasteiger partial charge in [0.25, 0.3) is 0 Å². The minimum atomic E-state index is 0.0603. The molecule has 0 aromatic heterocycles. The summed E-state index contributed by atoms with van der Waals surface area (Å²) in [4.78, 5) is 12.8. The first-order valence-electron chi connectivity index (χ1n) is 8.59. The second-order valence-electron chi connectivity index (χ2n) is 7.10. The summed E-state index contributed by atoms with van der Waals surface area (Å²) in [5.41, 5.74) is 10.7. The van der Waals surface area contributed by atoms with Gasteiger partial charge in [0.2, 0.25) is 0 Å². The number of carbonyl (C=O) groups is 1. The molecule has 4 rings (SSSR count). The standard InChI is InChI=1S/C21H20ClNO2/c1-11-2-3-12(13-6-7-17(22)18(23)10-13)9-16(11)19-20(24)14-4-5-15(8-14)21(19)25/h2-3,6-7,9-10,14-15,24H,4-5,8,23H2,1H3/t14-,15+/m0/s1. The predicted octanol–water partition coefficient (Wildman–Crippen LogP) is 5.17. The van der Waals surface area contributed by atoms with Crippen LogP contribution in [0.3, 0.4) is 0 Å². The van der Waals surface area contributed by atoms with Gasteiger partial charge in [-0.3, -0.25) is 4.79 Å². The van der Waals surface area contributed by atoms with Crippen LogP contribution in [-0.4, -0.2) is 10.9 Å². The number of ketones is 1. The molecule has 128 valence electrons. The van der Waals surface area contributed by atoms with Crippen LogP contribution < -0.4 is 5.73 Å². The van der Waals surface area contributed by atoms with Crippen LogP contribution in [0.4, 0.5) is 5.69 Å². The molecule has 2 aliphatic rings. The van der Waals surface area contributed by atoms with Crippen LogP contribution in [0.25, 0.3) is 16.7 Å². The lowest BCUT2D eigenvalue weighted by Crippen LogP contribution is -2.21. The van der Waals surface area contributed by atoms with Gasteiger partial charge in [-0.15, -0.1) is 0 Å². The van der Waals surface area contributed by atoms with Crippen molar-refractivity contribution in [2.75, 3.05) is 5.73 Å². The van der Waals surface area contributed by atoms with Crippen molar-refractivity contribution in [2.24, 2.45) is 11.8 Å². The SMILES string of the molecule is Cc1ccc(-c2ccc(Cl)c(N)c2)cc1C1=C(O)[C@H]2CC[C@H](C2)C1=O. The van der Waals surface area contributed by atoms with E-state index in [4.69, 9.17) is 17.3 Å². The molecule has 0 spiro atoms. The lowest BCUT2D eigenvalue weighted by Gasteiger charge is -2.23. The Bertz CT molecular complexity index is 916. The van der Waals surface area contributed by atoms with E-state index in [1.807, 2.05) is 37.3 Å². The van der Waals surface area contributed by atoms with Crippen LogP contribution >= 0.6 is 11.6 Å². The molecule has 3 nitrogen and oxygen atoms in total. The molecule has 2 atom stereocenters. The molecule has 0 saturated heterocycles. The van der Waals surface area contributed by atoms with Gasteiger partial charge in [-0.1, -0.05) is 29.8 Å². The number of nitrogen functional groups attached to an aromatic ring is 1. The molecule has 0 unspecified atom stereocenters. The molecule has 3 N–H and O–H groups in total. The van der Waals surface area contributed by atoms with Gasteiger partial charge in [0, 0.05) is 11.8 Å². The molecule has 2 aromatic carbocycles. The Morgan fingerprint density at radius 2 is 1.76 bits per heavy atom. The summed E-state index contributed by atoms with van der Waals surface area (Å²) in [6, 6.07) is 11.5. The Morgan fingerprint density at radius 3 is 2.52 bits per heavy atom. The molecular weight excluding hydrogens is 334 g/mol. The third kappa shape index (κ3) is 2.63. The number of anilines is 1. The highest BCUT2D eigenvalue weighted by Gasteiger charge is 2.41. The van der Waals surface area contributed by atoms with Crippen molar-refractivity contribution in [2.45, 2.75) is 26.2 Å². The van der Waals surface area contributed by atoms with E-state index >= 15 is 0 Å². The minimum Gasteiger partial charge on any atom is -0.511 e. The van der Waals surface area contributed by atoms with Gasteiger partial charge in [-0.2, -0.15) is 0 Å². The van der Waals surface area contributed by atoms with Crippen molar-refractivity contribution in [3.8, 4) is 11.1 Å². The average molecular weight is 354 g/mol. The van der Waals surface area contributed by atoms with Crippen LogP contribution in [0, 0.1) is 18.8 Å². The average Bonchev–Trinajstić information content (AvgIpc) is 3.05. The molecule has 2 aromatic rings. The monoisotopic (exact) mass is 353 g/mol. The second kappa shape index (κ2) is 5.92. The first-order chi connectivity index (χ1) is 12.0. The maximum Gasteiger partial charge on any atom is 0.169 e. The first kappa shape index (κ1) is 16.2. The number of rotatable bonds is 2. The Balaban J connectivity index is 1.84.